The molecule has 2 N–H and O–H groups in total. The zero-order valence-electron chi connectivity index (χ0n) is 10.8. The summed E-state index contributed by atoms with van der Waals surface area (Å²) in [6.45, 7) is 8.49. The molecule has 0 aromatic carbocycles. The highest BCUT2D eigenvalue weighted by Crippen LogP contribution is 2.26. The molecule has 0 amide bonds. The normalized spacial score (nSPS) is 12.9. The maximum Gasteiger partial charge on any atom is 0.0421 e. The first-order valence-electron chi connectivity index (χ1n) is 6.25. The van der Waals surface area contributed by atoms with Crippen molar-refractivity contribution in [3.05, 3.63) is 30.1 Å². The summed E-state index contributed by atoms with van der Waals surface area (Å²) in [5.41, 5.74) is 7.12. The molecule has 0 saturated carbocycles. The summed E-state index contributed by atoms with van der Waals surface area (Å²) in [6, 6.07) is 4.11. The van der Waals surface area contributed by atoms with Crippen molar-refractivity contribution in [2.45, 2.75) is 19.1 Å². The highest BCUT2D eigenvalue weighted by Gasteiger charge is 2.10. The molecule has 1 heterocycles. The van der Waals surface area contributed by atoms with Gasteiger partial charge in [-0.3, -0.25) is 4.98 Å². The van der Waals surface area contributed by atoms with Crippen molar-refractivity contribution in [1.82, 2.24) is 9.88 Å². The summed E-state index contributed by atoms with van der Waals surface area (Å²) < 4.78 is 0. The SMILES string of the molecule is CCN(CC)CCSC(CN)c1ccncc1. The second kappa shape index (κ2) is 8.50. The lowest BCUT2D eigenvalue weighted by Crippen LogP contribution is -2.26. The average molecular weight is 253 g/mol. The third kappa shape index (κ3) is 5.06. The molecule has 0 fully saturated rings. The van der Waals surface area contributed by atoms with Crippen LogP contribution in [0.3, 0.4) is 0 Å². The van der Waals surface area contributed by atoms with Gasteiger partial charge in [-0.2, -0.15) is 11.8 Å². The lowest BCUT2D eigenvalue weighted by atomic mass is 10.2. The lowest BCUT2D eigenvalue weighted by Gasteiger charge is -2.20. The van der Waals surface area contributed by atoms with E-state index in [1.807, 2.05) is 24.2 Å². The van der Waals surface area contributed by atoms with Crippen LogP contribution in [0.2, 0.25) is 0 Å². The maximum absolute atomic E-state index is 5.83. The largest absolute Gasteiger partial charge is 0.329 e. The number of aromatic nitrogens is 1. The highest BCUT2D eigenvalue weighted by molar-refractivity contribution is 7.99. The van der Waals surface area contributed by atoms with Crippen LogP contribution in [-0.2, 0) is 0 Å². The molecule has 17 heavy (non-hydrogen) atoms. The Labute approximate surface area is 109 Å². The zero-order valence-corrected chi connectivity index (χ0v) is 11.6. The first kappa shape index (κ1) is 14.5. The van der Waals surface area contributed by atoms with Crippen molar-refractivity contribution in [1.29, 1.82) is 0 Å². The van der Waals surface area contributed by atoms with E-state index < -0.39 is 0 Å². The van der Waals surface area contributed by atoms with E-state index in [9.17, 15) is 0 Å². The summed E-state index contributed by atoms with van der Waals surface area (Å²) in [6.07, 6.45) is 3.67. The molecular formula is C13H23N3S. The standard InChI is InChI=1S/C13H23N3S/c1-3-16(4-2)9-10-17-13(11-14)12-5-7-15-8-6-12/h5-8,13H,3-4,9-11,14H2,1-2H3. The van der Waals surface area contributed by atoms with E-state index in [0.29, 0.717) is 11.8 Å². The van der Waals surface area contributed by atoms with Gasteiger partial charge in [0.2, 0.25) is 0 Å². The molecule has 1 unspecified atom stereocenters. The zero-order chi connectivity index (χ0) is 12.5. The van der Waals surface area contributed by atoms with Crippen LogP contribution in [-0.4, -0.2) is 41.8 Å². The van der Waals surface area contributed by atoms with Crippen LogP contribution in [0.4, 0.5) is 0 Å². The first-order chi connectivity index (χ1) is 8.31. The van der Waals surface area contributed by atoms with Gasteiger partial charge in [0.05, 0.1) is 0 Å². The number of pyridine rings is 1. The molecule has 0 aliphatic heterocycles. The van der Waals surface area contributed by atoms with Gasteiger partial charge in [0.1, 0.15) is 0 Å². The first-order valence-corrected chi connectivity index (χ1v) is 7.30. The Morgan fingerprint density at radius 3 is 2.47 bits per heavy atom. The van der Waals surface area contributed by atoms with Crippen molar-refractivity contribution < 1.29 is 0 Å². The summed E-state index contributed by atoms with van der Waals surface area (Å²) in [5.74, 6) is 1.13. The fourth-order valence-corrected chi connectivity index (χ4v) is 2.88. The Morgan fingerprint density at radius 2 is 1.94 bits per heavy atom. The quantitative estimate of drug-likeness (QED) is 0.771. The van der Waals surface area contributed by atoms with Gasteiger partial charge >= 0.3 is 0 Å². The third-order valence-electron chi connectivity index (χ3n) is 2.91. The van der Waals surface area contributed by atoms with E-state index in [1.54, 1.807) is 0 Å². The number of hydrogen-bond acceptors (Lipinski definition) is 4. The van der Waals surface area contributed by atoms with Crippen molar-refractivity contribution in [3.63, 3.8) is 0 Å². The van der Waals surface area contributed by atoms with Crippen molar-refractivity contribution in [2.24, 2.45) is 5.73 Å². The molecule has 1 aromatic rings. The molecule has 0 aliphatic carbocycles. The molecule has 4 heteroatoms. The van der Waals surface area contributed by atoms with Crippen LogP contribution < -0.4 is 5.73 Å². The van der Waals surface area contributed by atoms with Crippen molar-refractivity contribution >= 4 is 11.8 Å². The Morgan fingerprint density at radius 1 is 1.29 bits per heavy atom. The molecule has 0 bridgehead atoms. The Balaban J connectivity index is 2.38. The van der Waals surface area contributed by atoms with E-state index in [-0.39, 0.29) is 0 Å². The van der Waals surface area contributed by atoms with Gasteiger partial charge in [0, 0.05) is 36.5 Å². The van der Waals surface area contributed by atoms with Crippen molar-refractivity contribution in [3.8, 4) is 0 Å². The second-order valence-electron chi connectivity index (χ2n) is 3.90. The van der Waals surface area contributed by atoms with Gasteiger partial charge in [-0.1, -0.05) is 13.8 Å². The Bertz CT molecular complexity index is 288. The van der Waals surface area contributed by atoms with Crippen LogP contribution in [0.1, 0.15) is 24.7 Å². The Hall–Kier alpha value is -0.580. The van der Waals surface area contributed by atoms with Crippen LogP contribution in [0.5, 0.6) is 0 Å². The summed E-state index contributed by atoms with van der Waals surface area (Å²) in [5, 5.41) is 0.397. The number of thioether (sulfide) groups is 1. The highest BCUT2D eigenvalue weighted by atomic mass is 32.2. The minimum absolute atomic E-state index is 0.397. The molecule has 1 aromatic heterocycles. The molecule has 0 aliphatic rings. The fraction of sp³-hybridized carbons (Fsp3) is 0.615. The summed E-state index contributed by atoms with van der Waals surface area (Å²) in [4.78, 5) is 6.48. The van der Waals surface area contributed by atoms with E-state index in [0.717, 1.165) is 25.4 Å². The van der Waals surface area contributed by atoms with E-state index >= 15 is 0 Å². The summed E-state index contributed by atoms with van der Waals surface area (Å²) >= 11 is 1.94. The van der Waals surface area contributed by atoms with Gasteiger partial charge in [-0.15, -0.1) is 0 Å². The fourth-order valence-electron chi connectivity index (χ4n) is 1.74. The third-order valence-corrected chi connectivity index (χ3v) is 4.20. The van der Waals surface area contributed by atoms with Crippen LogP contribution in [0.15, 0.2) is 24.5 Å². The topological polar surface area (TPSA) is 42.1 Å². The van der Waals surface area contributed by atoms with Crippen LogP contribution in [0.25, 0.3) is 0 Å². The predicted molar refractivity (Wildman–Crippen MR) is 76.3 cm³/mol. The molecule has 96 valence electrons. The monoisotopic (exact) mass is 253 g/mol. The molecule has 1 rings (SSSR count). The Kier molecular flexibility index (Phi) is 7.24. The minimum Gasteiger partial charge on any atom is -0.329 e. The minimum atomic E-state index is 0.397. The van der Waals surface area contributed by atoms with Gasteiger partial charge in [0.25, 0.3) is 0 Å². The number of nitrogens with zero attached hydrogens (tertiary/aromatic N) is 2. The second-order valence-corrected chi connectivity index (χ2v) is 5.21. The van der Waals surface area contributed by atoms with E-state index in [1.165, 1.54) is 5.56 Å². The number of nitrogens with two attached hydrogens (primary N) is 1. The van der Waals surface area contributed by atoms with Gasteiger partial charge in [0.15, 0.2) is 0 Å². The van der Waals surface area contributed by atoms with Gasteiger partial charge in [-0.05, 0) is 30.8 Å². The molecule has 0 saturated heterocycles. The van der Waals surface area contributed by atoms with E-state index in [4.69, 9.17) is 5.73 Å². The molecule has 3 nitrogen and oxygen atoms in total. The van der Waals surface area contributed by atoms with Gasteiger partial charge < -0.3 is 10.6 Å². The molecular weight excluding hydrogens is 230 g/mol. The van der Waals surface area contributed by atoms with Gasteiger partial charge in [-0.25, -0.2) is 0 Å². The van der Waals surface area contributed by atoms with Crippen LogP contribution in [0, 0.1) is 0 Å². The lowest BCUT2D eigenvalue weighted by molar-refractivity contribution is 0.324. The summed E-state index contributed by atoms with van der Waals surface area (Å²) in [7, 11) is 0. The number of rotatable bonds is 8. The van der Waals surface area contributed by atoms with Crippen LogP contribution >= 0.6 is 11.8 Å². The molecule has 0 radical (unpaired) electrons. The van der Waals surface area contributed by atoms with E-state index in [2.05, 4.69) is 35.9 Å². The molecule has 0 spiro atoms. The average Bonchev–Trinajstić information content (AvgIpc) is 2.40. The molecule has 1 atom stereocenters. The number of hydrogen-bond donors (Lipinski definition) is 1. The predicted octanol–water partition coefficient (Wildman–Crippen LogP) is 2.16. The van der Waals surface area contributed by atoms with Crippen molar-refractivity contribution in [2.75, 3.05) is 31.9 Å². The maximum atomic E-state index is 5.83. The smallest absolute Gasteiger partial charge is 0.0421 e.